The summed E-state index contributed by atoms with van der Waals surface area (Å²) in [5.41, 5.74) is 4.30. The first-order valence-electron chi connectivity index (χ1n) is 9.26. The molecular formula is C24H22O. The second-order valence-corrected chi connectivity index (χ2v) is 7.40. The Kier molecular flexibility index (Phi) is 3.24. The smallest absolute Gasteiger partial charge is 0.134 e. The number of rotatable bonds is 1. The third-order valence-electron chi connectivity index (χ3n) is 5.79. The Morgan fingerprint density at radius 3 is 2.48 bits per heavy atom. The van der Waals surface area contributed by atoms with Gasteiger partial charge in [-0.25, -0.2) is 0 Å². The molecular weight excluding hydrogens is 304 g/mol. The molecule has 1 unspecified atom stereocenters. The highest BCUT2D eigenvalue weighted by Gasteiger charge is 2.20. The molecule has 3 aromatic carbocycles. The Labute approximate surface area is 148 Å². The predicted molar refractivity (Wildman–Crippen MR) is 105 cm³/mol. The topological polar surface area (TPSA) is 13.1 Å². The van der Waals surface area contributed by atoms with Crippen LogP contribution in [0.4, 0.5) is 0 Å². The van der Waals surface area contributed by atoms with E-state index in [1.165, 1.54) is 51.9 Å². The molecule has 0 N–H and O–H groups in total. The molecule has 1 aliphatic carbocycles. The van der Waals surface area contributed by atoms with Gasteiger partial charge in [0.15, 0.2) is 0 Å². The van der Waals surface area contributed by atoms with Crippen molar-refractivity contribution in [3.63, 3.8) is 0 Å². The first-order valence-corrected chi connectivity index (χ1v) is 9.26. The summed E-state index contributed by atoms with van der Waals surface area (Å²) < 4.78 is 5.99. The van der Waals surface area contributed by atoms with Gasteiger partial charge in [0, 0.05) is 5.56 Å². The van der Waals surface area contributed by atoms with Gasteiger partial charge < -0.3 is 4.42 Å². The molecule has 0 fully saturated rings. The highest BCUT2D eigenvalue weighted by atomic mass is 16.3. The quantitative estimate of drug-likeness (QED) is 0.343. The molecule has 1 atom stereocenters. The zero-order valence-electron chi connectivity index (χ0n) is 14.8. The van der Waals surface area contributed by atoms with Crippen LogP contribution < -0.4 is 0 Å². The third kappa shape index (κ3) is 2.22. The van der Waals surface area contributed by atoms with E-state index in [1.54, 1.807) is 5.56 Å². The third-order valence-corrected chi connectivity index (χ3v) is 5.79. The van der Waals surface area contributed by atoms with Crippen molar-refractivity contribution in [1.82, 2.24) is 0 Å². The van der Waals surface area contributed by atoms with Gasteiger partial charge in [-0.15, -0.1) is 0 Å². The van der Waals surface area contributed by atoms with Crippen LogP contribution in [0.15, 0.2) is 59.0 Å². The first-order chi connectivity index (χ1) is 12.2. The van der Waals surface area contributed by atoms with Gasteiger partial charge in [-0.2, -0.15) is 0 Å². The van der Waals surface area contributed by atoms with E-state index in [4.69, 9.17) is 4.42 Å². The largest absolute Gasteiger partial charge is 0.461 e. The average Bonchev–Trinajstić information content (AvgIpc) is 3.07. The van der Waals surface area contributed by atoms with Gasteiger partial charge >= 0.3 is 0 Å². The second kappa shape index (κ2) is 5.49. The molecule has 0 radical (unpaired) electrons. The molecule has 1 heterocycles. The Bertz CT molecular complexity index is 1100. The molecule has 25 heavy (non-hydrogen) atoms. The van der Waals surface area contributed by atoms with E-state index in [-0.39, 0.29) is 0 Å². The number of aryl methyl sites for hydroxylation is 2. The van der Waals surface area contributed by atoms with Crippen molar-refractivity contribution in [2.24, 2.45) is 0 Å². The lowest BCUT2D eigenvalue weighted by atomic mass is 9.80. The van der Waals surface area contributed by atoms with Crippen LogP contribution in [0.2, 0.25) is 0 Å². The predicted octanol–water partition coefficient (Wildman–Crippen LogP) is 7.00. The van der Waals surface area contributed by atoms with Gasteiger partial charge in [0.1, 0.15) is 11.5 Å². The van der Waals surface area contributed by atoms with E-state index in [1.807, 2.05) is 6.92 Å². The summed E-state index contributed by atoms with van der Waals surface area (Å²) in [6, 6.07) is 19.9. The molecule has 4 aromatic rings. The fraction of sp³-hybridized carbons (Fsp3) is 0.250. The summed E-state index contributed by atoms with van der Waals surface area (Å²) in [6.07, 6.45) is 3.78. The van der Waals surface area contributed by atoms with Crippen LogP contribution >= 0.6 is 0 Å². The minimum Gasteiger partial charge on any atom is -0.461 e. The molecule has 1 aromatic heterocycles. The maximum absolute atomic E-state index is 5.99. The molecule has 1 aliphatic rings. The lowest BCUT2D eigenvalue weighted by molar-refractivity contribution is 0.549. The summed E-state index contributed by atoms with van der Waals surface area (Å²) in [6.45, 7) is 4.37. The lowest BCUT2D eigenvalue weighted by Gasteiger charge is -2.24. The van der Waals surface area contributed by atoms with Gasteiger partial charge in [-0.3, -0.25) is 0 Å². The molecule has 0 spiro atoms. The van der Waals surface area contributed by atoms with Crippen molar-refractivity contribution < 1.29 is 4.42 Å². The van der Waals surface area contributed by atoms with E-state index in [0.717, 1.165) is 11.5 Å². The minimum atomic E-state index is 0.661. The van der Waals surface area contributed by atoms with Crippen molar-refractivity contribution in [2.45, 2.75) is 39.0 Å². The standard InChI is InChI=1S/C24H22O/c1-15-6-5-9-18-17(15)11-12-21-19-7-3-4-8-20(19)23(14-22(18)21)24-13-10-16(2)25-24/h3-4,7-8,10-15H,5-6,9H2,1-2H3. The number of furan rings is 1. The van der Waals surface area contributed by atoms with Gasteiger partial charge in [-0.1, -0.05) is 43.3 Å². The van der Waals surface area contributed by atoms with Crippen molar-refractivity contribution >= 4 is 21.5 Å². The maximum atomic E-state index is 5.99. The monoisotopic (exact) mass is 326 g/mol. The van der Waals surface area contributed by atoms with Crippen LogP contribution in [-0.2, 0) is 6.42 Å². The summed E-state index contributed by atoms with van der Waals surface area (Å²) in [5.74, 6) is 2.59. The van der Waals surface area contributed by atoms with E-state index in [2.05, 4.69) is 61.5 Å². The maximum Gasteiger partial charge on any atom is 0.134 e. The van der Waals surface area contributed by atoms with E-state index < -0.39 is 0 Å². The molecule has 0 amide bonds. The second-order valence-electron chi connectivity index (χ2n) is 7.40. The Morgan fingerprint density at radius 2 is 1.68 bits per heavy atom. The van der Waals surface area contributed by atoms with Gasteiger partial charge in [0.2, 0.25) is 0 Å². The summed E-state index contributed by atoms with van der Waals surface area (Å²) in [4.78, 5) is 0. The van der Waals surface area contributed by atoms with Crippen LogP contribution in [-0.4, -0.2) is 0 Å². The molecule has 0 saturated carbocycles. The van der Waals surface area contributed by atoms with Gasteiger partial charge in [0.05, 0.1) is 0 Å². The van der Waals surface area contributed by atoms with E-state index in [9.17, 15) is 0 Å². The first kappa shape index (κ1) is 14.8. The fourth-order valence-electron chi connectivity index (χ4n) is 4.52. The molecule has 0 bridgehead atoms. The molecule has 1 heteroatoms. The highest BCUT2D eigenvalue weighted by Crippen LogP contribution is 2.41. The summed E-state index contributed by atoms with van der Waals surface area (Å²) in [5, 5.41) is 5.38. The lowest BCUT2D eigenvalue weighted by Crippen LogP contribution is -2.07. The Hall–Kier alpha value is -2.54. The van der Waals surface area contributed by atoms with Crippen molar-refractivity contribution in [1.29, 1.82) is 0 Å². The number of benzene rings is 3. The molecule has 124 valence electrons. The number of hydrogen-bond acceptors (Lipinski definition) is 1. The number of hydrogen-bond donors (Lipinski definition) is 0. The Balaban J connectivity index is 1.92. The molecule has 5 rings (SSSR count). The molecule has 1 nitrogen and oxygen atoms in total. The van der Waals surface area contributed by atoms with Gasteiger partial charge in [0.25, 0.3) is 0 Å². The normalized spacial score (nSPS) is 17.1. The zero-order valence-corrected chi connectivity index (χ0v) is 14.8. The van der Waals surface area contributed by atoms with E-state index in [0.29, 0.717) is 5.92 Å². The number of fused-ring (bicyclic) bond motifs is 5. The van der Waals surface area contributed by atoms with Crippen LogP contribution in [0.1, 0.15) is 42.6 Å². The van der Waals surface area contributed by atoms with Crippen LogP contribution in [0.3, 0.4) is 0 Å². The van der Waals surface area contributed by atoms with Crippen molar-refractivity contribution in [2.75, 3.05) is 0 Å². The highest BCUT2D eigenvalue weighted by molar-refractivity contribution is 6.14. The zero-order chi connectivity index (χ0) is 17.0. The van der Waals surface area contributed by atoms with Crippen molar-refractivity contribution in [3.05, 3.63) is 71.5 Å². The van der Waals surface area contributed by atoms with Crippen LogP contribution in [0, 0.1) is 6.92 Å². The van der Waals surface area contributed by atoms with Gasteiger partial charge in [-0.05, 0) is 83.0 Å². The minimum absolute atomic E-state index is 0.661. The molecule has 0 aliphatic heterocycles. The van der Waals surface area contributed by atoms with Crippen LogP contribution in [0.25, 0.3) is 32.9 Å². The fourth-order valence-corrected chi connectivity index (χ4v) is 4.52. The van der Waals surface area contributed by atoms with Crippen molar-refractivity contribution in [3.8, 4) is 11.3 Å². The SMILES string of the molecule is Cc1ccc(-c2cc3c4c(ccc3c3ccccc23)C(C)CCC4)o1. The van der Waals surface area contributed by atoms with E-state index >= 15 is 0 Å². The summed E-state index contributed by atoms with van der Waals surface area (Å²) in [7, 11) is 0. The average molecular weight is 326 g/mol. The summed E-state index contributed by atoms with van der Waals surface area (Å²) >= 11 is 0. The van der Waals surface area contributed by atoms with Crippen LogP contribution in [0.5, 0.6) is 0 Å². The Morgan fingerprint density at radius 1 is 0.880 bits per heavy atom. The molecule has 0 saturated heterocycles.